The SMILES string of the molecule is CC/C=C\C/C=C\C/C=C\C/C=C\CCCCCC(=O)OCC(COC(=O)CCC/C=C\C/C=C\C/C=C\CCCCCCCC)OC(=O)CCCCCCCCC/C=C\CCCCCCCC. The number of rotatable bonds is 50. The van der Waals surface area contributed by atoms with Crippen molar-refractivity contribution in [2.45, 2.75) is 264 Å². The van der Waals surface area contributed by atoms with Gasteiger partial charge in [0.1, 0.15) is 13.2 Å². The molecular weight excluding hydrogens is 841 g/mol. The van der Waals surface area contributed by atoms with E-state index in [0.29, 0.717) is 19.3 Å². The molecule has 0 saturated heterocycles. The minimum atomic E-state index is -0.814. The maximum absolute atomic E-state index is 12.8. The molecule has 0 spiro atoms. The molecule has 0 saturated carbocycles. The first-order valence-corrected chi connectivity index (χ1v) is 28.2. The van der Waals surface area contributed by atoms with Gasteiger partial charge in [-0.3, -0.25) is 14.4 Å². The van der Waals surface area contributed by atoms with Crippen molar-refractivity contribution in [2.24, 2.45) is 0 Å². The molecule has 0 fully saturated rings. The summed E-state index contributed by atoms with van der Waals surface area (Å²) in [5.74, 6) is -0.996. The number of carbonyl (C=O) groups excluding carboxylic acids is 3. The summed E-state index contributed by atoms with van der Waals surface area (Å²) >= 11 is 0. The van der Waals surface area contributed by atoms with Crippen molar-refractivity contribution < 1.29 is 28.6 Å². The number of allylic oxidation sites excluding steroid dienone is 16. The van der Waals surface area contributed by atoms with Crippen molar-refractivity contribution in [2.75, 3.05) is 13.2 Å². The van der Waals surface area contributed by atoms with Gasteiger partial charge in [-0.15, -0.1) is 0 Å². The molecular formula is C62H104O6. The van der Waals surface area contributed by atoms with Crippen LogP contribution in [0.2, 0.25) is 0 Å². The van der Waals surface area contributed by atoms with Gasteiger partial charge in [-0.1, -0.05) is 221 Å². The van der Waals surface area contributed by atoms with E-state index in [4.69, 9.17) is 14.2 Å². The molecule has 0 aliphatic rings. The smallest absolute Gasteiger partial charge is 0.306 e. The molecule has 6 nitrogen and oxygen atoms in total. The van der Waals surface area contributed by atoms with E-state index in [9.17, 15) is 14.4 Å². The Bertz CT molecular complexity index is 1360. The first-order valence-electron chi connectivity index (χ1n) is 28.2. The molecule has 0 bridgehead atoms. The molecule has 0 rings (SSSR count). The second-order valence-electron chi connectivity index (χ2n) is 18.5. The molecule has 0 aromatic rings. The minimum Gasteiger partial charge on any atom is -0.462 e. The largest absolute Gasteiger partial charge is 0.462 e. The van der Waals surface area contributed by atoms with Gasteiger partial charge in [0.2, 0.25) is 0 Å². The zero-order valence-corrected chi connectivity index (χ0v) is 44.3. The Morgan fingerprint density at radius 3 is 0.985 bits per heavy atom. The van der Waals surface area contributed by atoms with Crippen LogP contribution in [0.15, 0.2) is 97.2 Å². The van der Waals surface area contributed by atoms with Gasteiger partial charge in [0.15, 0.2) is 6.10 Å². The van der Waals surface area contributed by atoms with Gasteiger partial charge in [-0.2, -0.15) is 0 Å². The number of carbonyl (C=O) groups is 3. The minimum absolute atomic E-state index is 0.112. The van der Waals surface area contributed by atoms with Crippen molar-refractivity contribution in [3.63, 3.8) is 0 Å². The van der Waals surface area contributed by atoms with Crippen molar-refractivity contribution >= 4 is 17.9 Å². The van der Waals surface area contributed by atoms with Crippen LogP contribution in [0.5, 0.6) is 0 Å². The highest BCUT2D eigenvalue weighted by Gasteiger charge is 2.19. The molecule has 1 unspecified atom stereocenters. The summed E-state index contributed by atoms with van der Waals surface area (Å²) in [5, 5.41) is 0. The third kappa shape index (κ3) is 53.3. The zero-order valence-electron chi connectivity index (χ0n) is 44.3. The normalized spacial score (nSPS) is 12.8. The fraction of sp³-hybridized carbons (Fsp3) is 0.694. The summed E-state index contributed by atoms with van der Waals surface area (Å²) < 4.78 is 16.8. The standard InChI is InChI=1S/C62H104O6/c1-4-7-10-13-16-19-22-25-28-31-34-37-40-43-46-49-52-55-61(64)67-58-59(57-66-60(63)54-51-48-45-42-39-36-33-30-27-24-21-18-15-12-9-6-3)68-62(65)56-53-50-47-44-41-38-35-32-29-26-23-20-17-14-11-8-5-2/h9,12,18,21,25-30,34,36-37,39,43,46,59H,4-8,10-11,13-17,19-20,22-24,31-33,35,38,40-42,44-45,47-58H2,1-3H3/b12-9-,21-18-,28-25-,29-26-,30-27-,37-34-,39-36-,46-43-. The summed E-state index contributed by atoms with van der Waals surface area (Å²) in [6.45, 7) is 6.44. The fourth-order valence-corrected chi connectivity index (χ4v) is 7.56. The lowest BCUT2D eigenvalue weighted by Gasteiger charge is -2.18. The highest BCUT2D eigenvalue weighted by atomic mass is 16.6. The topological polar surface area (TPSA) is 78.9 Å². The summed E-state index contributed by atoms with van der Waals surface area (Å²) in [5.41, 5.74) is 0. The number of unbranched alkanes of at least 4 members (excludes halogenated alkanes) is 23. The summed E-state index contributed by atoms with van der Waals surface area (Å²) in [6.07, 6.45) is 74.0. The molecule has 68 heavy (non-hydrogen) atoms. The predicted octanol–water partition coefficient (Wildman–Crippen LogP) is 18.9. The lowest BCUT2D eigenvalue weighted by atomic mass is 10.1. The molecule has 0 amide bonds. The van der Waals surface area contributed by atoms with Crippen LogP contribution < -0.4 is 0 Å². The van der Waals surface area contributed by atoms with E-state index < -0.39 is 6.10 Å². The van der Waals surface area contributed by atoms with Crippen LogP contribution >= 0.6 is 0 Å². The van der Waals surface area contributed by atoms with Crippen LogP contribution in [0.4, 0.5) is 0 Å². The van der Waals surface area contributed by atoms with E-state index in [1.807, 2.05) is 0 Å². The Balaban J connectivity index is 4.52. The van der Waals surface area contributed by atoms with E-state index in [2.05, 4.69) is 118 Å². The first-order chi connectivity index (χ1) is 33.5. The van der Waals surface area contributed by atoms with Gasteiger partial charge in [0.05, 0.1) is 0 Å². The average molecular weight is 946 g/mol. The van der Waals surface area contributed by atoms with Gasteiger partial charge >= 0.3 is 17.9 Å². The van der Waals surface area contributed by atoms with Crippen LogP contribution in [0, 0.1) is 0 Å². The molecule has 6 heteroatoms. The second-order valence-corrected chi connectivity index (χ2v) is 18.5. The summed E-state index contributed by atoms with van der Waals surface area (Å²) in [6, 6.07) is 0. The van der Waals surface area contributed by atoms with E-state index in [1.165, 1.54) is 122 Å². The molecule has 0 radical (unpaired) electrons. The van der Waals surface area contributed by atoms with Crippen molar-refractivity contribution in [1.29, 1.82) is 0 Å². The Morgan fingerprint density at radius 1 is 0.309 bits per heavy atom. The van der Waals surface area contributed by atoms with Gasteiger partial charge in [0, 0.05) is 19.3 Å². The van der Waals surface area contributed by atoms with Crippen molar-refractivity contribution in [1.82, 2.24) is 0 Å². The van der Waals surface area contributed by atoms with Crippen molar-refractivity contribution in [3.8, 4) is 0 Å². The maximum Gasteiger partial charge on any atom is 0.306 e. The van der Waals surface area contributed by atoms with E-state index in [0.717, 1.165) is 89.9 Å². The Labute approximate surface area is 419 Å². The van der Waals surface area contributed by atoms with Gasteiger partial charge in [0.25, 0.3) is 0 Å². The number of hydrogen-bond donors (Lipinski definition) is 0. The molecule has 0 N–H and O–H groups in total. The number of ether oxygens (including phenoxy) is 3. The second kappa shape index (κ2) is 55.9. The lowest BCUT2D eigenvalue weighted by Crippen LogP contribution is -2.30. The third-order valence-electron chi connectivity index (χ3n) is 11.8. The number of esters is 3. The Kier molecular flexibility index (Phi) is 52.9. The summed E-state index contributed by atoms with van der Waals surface area (Å²) in [7, 11) is 0. The average Bonchev–Trinajstić information content (AvgIpc) is 3.34. The van der Waals surface area contributed by atoms with Crippen LogP contribution in [-0.4, -0.2) is 37.2 Å². The van der Waals surface area contributed by atoms with E-state index in [1.54, 1.807) is 0 Å². The maximum atomic E-state index is 12.8. The molecule has 1 atom stereocenters. The summed E-state index contributed by atoms with van der Waals surface area (Å²) in [4.78, 5) is 38.1. The molecule has 0 aliphatic heterocycles. The lowest BCUT2D eigenvalue weighted by molar-refractivity contribution is -0.167. The molecule has 0 aliphatic carbocycles. The molecule has 0 aromatic heterocycles. The van der Waals surface area contributed by atoms with Gasteiger partial charge < -0.3 is 14.2 Å². The highest BCUT2D eigenvalue weighted by molar-refractivity contribution is 5.71. The molecule has 388 valence electrons. The quantitative estimate of drug-likeness (QED) is 0.0262. The molecule has 0 aromatic carbocycles. The number of hydrogen-bond acceptors (Lipinski definition) is 6. The monoisotopic (exact) mass is 945 g/mol. The Morgan fingerprint density at radius 2 is 0.588 bits per heavy atom. The Hall–Kier alpha value is -3.67. The highest BCUT2D eigenvalue weighted by Crippen LogP contribution is 2.14. The van der Waals surface area contributed by atoms with Crippen LogP contribution in [0.3, 0.4) is 0 Å². The van der Waals surface area contributed by atoms with Crippen LogP contribution in [-0.2, 0) is 28.6 Å². The van der Waals surface area contributed by atoms with E-state index in [-0.39, 0.29) is 37.5 Å². The van der Waals surface area contributed by atoms with E-state index >= 15 is 0 Å². The van der Waals surface area contributed by atoms with Crippen LogP contribution in [0.1, 0.15) is 258 Å². The van der Waals surface area contributed by atoms with Crippen LogP contribution in [0.25, 0.3) is 0 Å². The zero-order chi connectivity index (χ0) is 49.3. The predicted molar refractivity (Wildman–Crippen MR) is 293 cm³/mol. The van der Waals surface area contributed by atoms with Gasteiger partial charge in [-0.25, -0.2) is 0 Å². The molecule has 0 heterocycles. The first kappa shape index (κ1) is 64.3. The van der Waals surface area contributed by atoms with Crippen molar-refractivity contribution in [3.05, 3.63) is 97.2 Å². The fourth-order valence-electron chi connectivity index (χ4n) is 7.56. The third-order valence-corrected chi connectivity index (χ3v) is 11.8. The van der Waals surface area contributed by atoms with Gasteiger partial charge in [-0.05, 0) is 116 Å².